The van der Waals surface area contributed by atoms with Crippen LogP contribution in [0.5, 0.6) is 0 Å². The van der Waals surface area contributed by atoms with Crippen LogP contribution in [-0.4, -0.2) is 47.9 Å². The molecule has 126 valence electrons. The molecule has 3 amide bonds. The SMILES string of the molecule is C#Cc1ccc(C(=O)N[C@@H](C)C(=O)NCC(=O)NCC(=O)O)cc1. The average Bonchev–Trinajstić information content (AvgIpc) is 2.57. The molecule has 0 aliphatic rings. The highest BCUT2D eigenvalue weighted by molar-refractivity contribution is 5.98. The van der Waals surface area contributed by atoms with Crippen LogP contribution in [0.4, 0.5) is 0 Å². The van der Waals surface area contributed by atoms with E-state index in [4.69, 9.17) is 11.5 Å². The third-order valence-corrected chi connectivity index (χ3v) is 2.91. The first-order chi connectivity index (χ1) is 11.3. The molecule has 0 spiro atoms. The third kappa shape index (κ3) is 6.19. The number of carbonyl (C=O) groups excluding carboxylic acids is 3. The standard InChI is InChI=1S/C16H17N3O5/c1-3-11-4-6-12(7-5-11)16(24)19-10(2)15(23)18-8-13(20)17-9-14(21)22/h1,4-7,10H,8-9H2,2H3,(H,17,20)(H,18,23)(H,19,24)(H,21,22)/t10-/m0/s1. The molecule has 1 aromatic rings. The third-order valence-electron chi connectivity index (χ3n) is 2.91. The fraction of sp³-hybridized carbons (Fsp3) is 0.250. The predicted molar refractivity (Wildman–Crippen MR) is 85.0 cm³/mol. The van der Waals surface area contributed by atoms with Crippen LogP contribution in [0.3, 0.4) is 0 Å². The summed E-state index contributed by atoms with van der Waals surface area (Å²) in [5.74, 6) is -0.443. The molecular weight excluding hydrogens is 314 g/mol. The summed E-state index contributed by atoms with van der Waals surface area (Å²) in [4.78, 5) is 45.4. The van der Waals surface area contributed by atoms with E-state index >= 15 is 0 Å². The summed E-state index contributed by atoms with van der Waals surface area (Å²) in [7, 11) is 0. The second kappa shape index (κ2) is 8.95. The molecular formula is C16H17N3O5. The van der Waals surface area contributed by atoms with E-state index in [2.05, 4.69) is 21.9 Å². The molecule has 1 rings (SSSR count). The molecule has 4 N–H and O–H groups in total. The zero-order chi connectivity index (χ0) is 18.1. The van der Waals surface area contributed by atoms with Crippen molar-refractivity contribution < 1.29 is 24.3 Å². The van der Waals surface area contributed by atoms with Crippen molar-refractivity contribution in [1.29, 1.82) is 0 Å². The van der Waals surface area contributed by atoms with Crippen LogP contribution in [-0.2, 0) is 14.4 Å². The molecule has 24 heavy (non-hydrogen) atoms. The van der Waals surface area contributed by atoms with E-state index in [1.54, 1.807) is 12.1 Å². The van der Waals surface area contributed by atoms with Gasteiger partial charge in [-0.25, -0.2) is 0 Å². The Morgan fingerprint density at radius 3 is 2.29 bits per heavy atom. The Labute approximate surface area is 138 Å². The van der Waals surface area contributed by atoms with E-state index in [0.717, 1.165) is 0 Å². The van der Waals surface area contributed by atoms with Crippen molar-refractivity contribution in [2.24, 2.45) is 0 Å². The average molecular weight is 331 g/mol. The lowest BCUT2D eigenvalue weighted by Gasteiger charge is -2.14. The van der Waals surface area contributed by atoms with Crippen LogP contribution < -0.4 is 16.0 Å². The van der Waals surface area contributed by atoms with Crippen molar-refractivity contribution in [3.05, 3.63) is 35.4 Å². The maximum atomic E-state index is 12.0. The molecule has 0 radical (unpaired) electrons. The smallest absolute Gasteiger partial charge is 0.322 e. The van der Waals surface area contributed by atoms with Gasteiger partial charge < -0.3 is 21.1 Å². The van der Waals surface area contributed by atoms with E-state index in [1.807, 2.05) is 0 Å². The van der Waals surface area contributed by atoms with Gasteiger partial charge in [-0.05, 0) is 31.2 Å². The number of terminal acetylenes is 1. The number of hydrogen-bond donors (Lipinski definition) is 4. The molecule has 0 unspecified atom stereocenters. The normalized spacial score (nSPS) is 10.8. The van der Waals surface area contributed by atoms with Crippen molar-refractivity contribution in [1.82, 2.24) is 16.0 Å². The lowest BCUT2D eigenvalue weighted by atomic mass is 10.1. The fourth-order valence-electron chi connectivity index (χ4n) is 1.62. The monoisotopic (exact) mass is 331 g/mol. The second-order valence-electron chi connectivity index (χ2n) is 4.81. The highest BCUT2D eigenvalue weighted by Crippen LogP contribution is 2.03. The van der Waals surface area contributed by atoms with Crippen LogP contribution in [0, 0.1) is 12.3 Å². The number of aliphatic carboxylic acids is 1. The van der Waals surface area contributed by atoms with E-state index in [9.17, 15) is 19.2 Å². The molecule has 0 saturated heterocycles. The number of amides is 3. The van der Waals surface area contributed by atoms with Gasteiger partial charge in [-0.15, -0.1) is 6.42 Å². The number of carboxylic acid groups (broad SMARTS) is 1. The first kappa shape index (κ1) is 18.7. The van der Waals surface area contributed by atoms with Gasteiger partial charge in [0.2, 0.25) is 11.8 Å². The van der Waals surface area contributed by atoms with Crippen molar-refractivity contribution in [2.45, 2.75) is 13.0 Å². The summed E-state index contributed by atoms with van der Waals surface area (Å²) in [5.41, 5.74) is 0.970. The first-order valence-electron chi connectivity index (χ1n) is 6.97. The highest BCUT2D eigenvalue weighted by atomic mass is 16.4. The summed E-state index contributed by atoms with van der Waals surface area (Å²) in [6, 6.07) is 5.40. The minimum Gasteiger partial charge on any atom is -0.480 e. The zero-order valence-electron chi connectivity index (χ0n) is 13.0. The van der Waals surface area contributed by atoms with Gasteiger partial charge in [-0.2, -0.15) is 0 Å². The van der Waals surface area contributed by atoms with Gasteiger partial charge in [0, 0.05) is 11.1 Å². The molecule has 1 aromatic carbocycles. The summed E-state index contributed by atoms with van der Waals surface area (Å²) < 4.78 is 0. The van der Waals surface area contributed by atoms with Crippen LogP contribution in [0.2, 0.25) is 0 Å². The van der Waals surface area contributed by atoms with Gasteiger partial charge in [-0.3, -0.25) is 19.2 Å². The van der Waals surface area contributed by atoms with Gasteiger partial charge in [0.25, 0.3) is 5.91 Å². The number of benzene rings is 1. The Bertz CT molecular complexity index is 676. The van der Waals surface area contributed by atoms with Crippen molar-refractivity contribution in [2.75, 3.05) is 13.1 Å². The molecule has 1 atom stereocenters. The Hall–Kier alpha value is -3.34. The number of rotatable bonds is 7. The van der Waals surface area contributed by atoms with Crippen LogP contribution in [0.25, 0.3) is 0 Å². The number of carboxylic acids is 1. The second-order valence-corrected chi connectivity index (χ2v) is 4.81. The molecule has 0 aliphatic heterocycles. The van der Waals surface area contributed by atoms with Crippen molar-refractivity contribution in [3.63, 3.8) is 0 Å². The molecule has 0 aromatic heterocycles. The van der Waals surface area contributed by atoms with Gasteiger partial charge >= 0.3 is 5.97 Å². The van der Waals surface area contributed by atoms with Gasteiger partial charge in [0.15, 0.2) is 0 Å². The molecule has 8 nitrogen and oxygen atoms in total. The van der Waals surface area contributed by atoms with Gasteiger partial charge in [-0.1, -0.05) is 5.92 Å². The summed E-state index contributed by atoms with van der Waals surface area (Å²) >= 11 is 0. The maximum absolute atomic E-state index is 12.0. The number of hydrogen-bond acceptors (Lipinski definition) is 4. The van der Waals surface area contributed by atoms with Crippen LogP contribution in [0.15, 0.2) is 24.3 Å². The Morgan fingerprint density at radius 2 is 1.75 bits per heavy atom. The maximum Gasteiger partial charge on any atom is 0.322 e. The summed E-state index contributed by atoms with van der Waals surface area (Å²) in [6.45, 7) is 0.538. The lowest BCUT2D eigenvalue weighted by Crippen LogP contribution is -2.47. The largest absolute Gasteiger partial charge is 0.480 e. The van der Waals surface area contributed by atoms with E-state index in [-0.39, 0.29) is 6.54 Å². The van der Waals surface area contributed by atoms with E-state index in [1.165, 1.54) is 19.1 Å². The molecule has 0 bridgehead atoms. The Balaban J connectivity index is 2.45. The van der Waals surface area contributed by atoms with Gasteiger partial charge in [0.1, 0.15) is 12.6 Å². The Morgan fingerprint density at radius 1 is 1.12 bits per heavy atom. The number of nitrogens with one attached hydrogen (secondary N) is 3. The molecule has 0 saturated carbocycles. The lowest BCUT2D eigenvalue weighted by molar-refractivity contribution is -0.137. The zero-order valence-corrected chi connectivity index (χ0v) is 13.0. The fourth-order valence-corrected chi connectivity index (χ4v) is 1.62. The minimum absolute atomic E-state index is 0.341. The predicted octanol–water partition coefficient (Wildman–Crippen LogP) is -0.897. The highest BCUT2D eigenvalue weighted by Gasteiger charge is 2.17. The summed E-state index contributed by atoms with van der Waals surface area (Å²) in [6.07, 6.45) is 5.22. The molecule has 0 heterocycles. The van der Waals surface area contributed by atoms with Crippen LogP contribution >= 0.6 is 0 Å². The first-order valence-corrected chi connectivity index (χ1v) is 6.97. The topological polar surface area (TPSA) is 125 Å². The molecule has 8 heteroatoms. The minimum atomic E-state index is -1.19. The Kier molecular flexibility index (Phi) is 6.97. The van der Waals surface area contributed by atoms with Crippen molar-refractivity contribution >= 4 is 23.7 Å². The molecule has 0 aliphatic carbocycles. The van der Waals surface area contributed by atoms with E-state index < -0.39 is 36.3 Å². The van der Waals surface area contributed by atoms with Gasteiger partial charge in [0.05, 0.1) is 6.54 Å². The van der Waals surface area contributed by atoms with E-state index in [0.29, 0.717) is 11.1 Å². The number of carbonyl (C=O) groups is 4. The quantitative estimate of drug-likeness (QED) is 0.482. The molecule has 0 fully saturated rings. The van der Waals surface area contributed by atoms with Crippen LogP contribution in [0.1, 0.15) is 22.8 Å². The summed E-state index contributed by atoms with van der Waals surface area (Å²) in [5, 5.41) is 15.3. The van der Waals surface area contributed by atoms with Crippen molar-refractivity contribution in [3.8, 4) is 12.3 Å².